The first-order valence-electron chi connectivity index (χ1n) is 6.14. The van der Waals surface area contributed by atoms with Crippen LogP contribution in [-0.4, -0.2) is 23.4 Å². The van der Waals surface area contributed by atoms with Crippen molar-refractivity contribution in [1.82, 2.24) is 0 Å². The highest BCUT2D eigenvalue weighted by Crippen LogP contribution is 2.37. The minimum atomic E-state index is -4.76. The summed E-state index contributed by atoms with van der Waals surface area (Å²) in [6, 6.07) is 4.80. The SMILES string of the molecule is CCCc1ccc2c(c1)C=C(C(=O)O)C(C(F)(F)F)O2. The molecule has 108 valence electrons. The Morgan fingerprint density at radius 1 is 1.40 bits per heavy atom. The summed E-state index contributed by atoms with van der Waals surface area (Å²) in [5.74, 6) is -1.57. The van der Waals surface area contributed by atoms with Crippen molar-refractivity contribution < 1.29 is 27.8 Å². The summed E-state index contributed by atoms with van der Waals surface area (Å²) in [4.78, 5) is 11.0. The zero-order valence-electron chi connectivity index (χ0n) is 10.7. The lowest BCUT2D eigenvalue weighted by Gasteiger charge is -2.27. The lowest BCUT2D eigenvalue weighted by Crippen LogP contribution is -2.40. The van der Waals surface area contributed by atoms with Gasteiger partial charge >= 0.3 is 12.1 Å². The molecule has 1 heterocycles. The van der Waals surface area contributed by atoms with Crippen molar-refractivity contribution >= 4 is 12.0 Å². The first-order valence-corrected chi connectivity index (χ1v) is 6.14. The van der Waals surface area contributed by atoms with Crippen LogP contribution in [0.1, 0.15) is 24.5 Å². The molecule has 20 heavy (non-hydrogen) atoms. The Labute approximate surface area is 113 Å². The molecule has 0 aromatic heterocycles. The molecule has 0 amide bonds. The Balaban J connectivity index is 2.46. The second-order valence-electron chi connectivity index (χ2n) is 4.57. The number of rotatable bonds is 3. The second-order valence-corrected chi connectivity index (χ2v) is 4.57. The molecule has 1 aliphatic rings. The highest BCUT2D eigenvalue weighted by molar-refractivity contribution is 5.95. The minimum Gasteiger partial charge on any atom is -0.478 e. The second kappa shape index (κ2) is 5.19. The van der Waals surface area contributed by atoms with Crippen molar-refractivity contribution in [3.8, 4) is 5.75 Å². The number of benzene rings is 1. The highest BCUT2D eigenvalue weighted by Gasteiger charge is 2.48. The van der Waals surface area contributed by atoms with E-state index in [0.29, 0.717) is 5.56 Å². The molecule has 0 aliphatic carbocycles. The van der Waals surface area contributed by atoms with Gasteiger partial charge in [0.15, 0.2) is 0 Å². The molecular formula is C14H13F3O3. The van der Waals surface area contributed by atoms with Crippen LogP contribution in [0.25, 0.3) is 6.08 Å². The van der Waals surface area contributed by atoms with E-state index in [-0.39, 0.29) is 5.75 Å². The summed E-state index contributed by atoms with van der Waals surface area (Å²) in [6.07, 6.45) is -4.49. The van der Waals surface area contributed by atoms with Crippen molar-refractivity contribution in [2.24, 2.45) is 0 Å². The van der Waals surface area contributed by atoms with Gasteiger partial charge in [-0.2, -0.15) is 13.2 Å². The maximum atomic E-state index is 12.8. The molecule has 3 nitrogen and oxygen atoms in total. The minimum absolute atomic E-state index is 0.0529. The van der Waals surface area contributed by atoms with Crippen LogP contribution in [0.2, 0.25) is 0 Å². The molecule has 1 aromatic carbocycles. The lowest BCUT2D eigenvalue weighted by molar-refractivity contribution is -0.187. The van der Waals surface area contributed by atoms with Gasteiger partial charge in [-0.1, -0.05) is 19.4 Å². The van der Waals surface area contributed by atoms with Gasteiger partial charge in [0.1, 0.15) is 5.75 Å². The molecule has 0 saturated carbocycles. The van der Waals surface area contributed by atoms with Crippen LogP contribution in [0.5, 0.6) is 5.75 Å². The Hall–Kier alpha value is -1.98. The van der Waals surface area contributed by atoms with E-state index in [1.54, 1.807) is 12.1 Å². The molecule has 0 saturated heterocycles. The zero-order chi connectivity index (χ0) is 14.9. The van der Waals surface area contributed by atoms with Crippen LogP contribution in [0.3, 0.4) is 0 Å². The van der Waals surface area contributed by atoms with Crippen LogP contribution in [-0.2, 0) is 11.2 Å². The quantitative estimate of drug-likeness (QED) is 0.926. The molecule has 6 heteroatoms. The molecule has 1 aliphatic heterocycles. The van der Waals surface area contributed by atoms with Gasteiger partial charge in [-0.15, -0.1) is 0 Å². The number of hydrogen-bond acceptors (Lipinski definition) is 2. The van der Waals surface area contributed by atoms with Gasteiger partial charge in [-0.05, 0) is 30.2 Å². The standard InChI is InChI=1S/C14H13F3O3/c1-2-3-8-4-5-11-9(6-8)7-10(13(18)19)12(20-11)14(15,16)17/h4-7,12H,2-3H2,1H3,(H,18,19). The number of ether oxygens (including phenoxy) is 1. The van der Waals surface area contributed by atoms with Crippen LogP contribution in [0.4, 0.5) is 13.2 Å². The third-order valence-electron chi connectivity index (χ3n) is 3.00. The fourth-order valence-electron chi connectivity index (χ4n) is 2.11. The van der Waals surface area contributed by atoms with E-state index >= 15 is 0 Å². The van der Waals surface area contributed by atoms with Gasteiger partial charge in [0.2, 0.25) is 6.10 Å². The number of carboxylic acid groups (broad SMARTS) is 1. The fourth-order valence-corrected chi connectivity index (χ4v) is 2.11. The number of carboxylic acids is 1. The average molecular weight is 286 g/mol. The lowest BCUT2D eigenvalue weighted by atomic mass is 9.98. The van der Waals surface area contributed by atoms with Crippen LogP contribution in [0.15, 0.2) is 23.8 Å². The summed E-state index contributed by atoms with van der Waals surface area (Å²) < 4.78 is 43.3. The number of hydrogen-bond donors (Lipinski definition) is 1. The molecule has 1 unspecified atom stereocenters. The van der Waals surface area contributed by atoms with E-state index in [2.05, 4.69) is 0 Å². The zero-order valence-corrected chi connectivity index (χ0v) is 10.7. The number of halogens is 3. The number of aliphatic carboxylic acids is 1. The molecule has 0 bridgehead atoms. The molecule has 1 aromatic rings. The molecule has 0 radical (unpaired) electrons. The maximum Gasteiger partial charge on any atom is 0.430 e. The predicted octanol–water partition coefficient (Wildman–Crippen LogP) is 3.43. The molecule has 1 atom stereocenters. The van der Waals surface area contributed by atoms with Gasteiger partial charge in [0.05, 0.1) is 5.57 Å². The summed E-state index contributed by atoms with van der Waals surface area (Å²) in [6.45, 7) is 1.98. The number of aryl methyl sites for hydroxylation is 1. The van der Waals surface area contributed by atoms with Crippen LogP contribution in [0, 0.1) is 0 Å². The van der Waals surface area contributed by atoms with Gasteiger partial charge in [0, 0.05) is 5.56 Å². The van der Waals surface area contributed by atoms with E-state index < -0.39 is 23.8 Å². The Morgan fingerprint density at radius 2 is 2.10 bits per heavy atom. The van der Waals surface area contributed by atoms with E-state index in [4.69, 9.17) is 9.84 Å². The van der Waals surface area contributed by atoms with Crippen LogP contribution < -0.4 is 4.74 Å². The summed E-state index contributed by atoms with van der Waals surface area (Å²) in [5.41, 5.74) is 0.508. The molecular weight excluding hydrogens is 273 g/mol. The van der Waals surface area contributed by atoms with Gasteiger partial charge in [-0.3, -0.25) is 0 Å². The number of fused-ring (bicyclic) bond motifs is 1. The van der Waals surface area contributed by atoms with Crippen molar-refractivity contribution in [2.45, 2.75) is 32.0 Å². The molecule has 2 rings (SSSR count). The third kappa shape index (κ3) is 2.79. The van der Waals surface area contributed by atoms with Crippen molar-refractivity contribution in [1.29, 1.82) is 0 Å². The summed E-state index contributed by atoms with van der Waals surface area (Å²) in [7, 11) is 0. The van der Waals surface area contributed by atoms with Crippen molar-refractivity contribution in [3.63, 3.8) is 0 Å². The summed E-state index contributed by atoms with van der Waals surface area (Å²) in [5, 5.41) is 8.92. The van der Waals surface area contributed by atoms with Gasteiger partial charge < -0.3 is 9.84 Å². The Kier molecular flexibility index (Phi) is 3.74. The fraction of sp³-hybridized carbons (Fsp3) is 0.357. The smallest absolute Gasteiger partial charge is 0.430 e. The largest absolute Gasteiger partial charge is 0.478 e. The molecule has 1 N–H and O–H groups in total. The Morgan fingerprint density at radius 3 is 2.65 bits per heavy atom. The van der Waals surface area contributed by atoms with Gasteiger partial charge in [0.25, 0.3) is 0 Å². The predicted molar refractivity (Wildman–Crippen MR) is 66.5 cm³/mol. The molecule has 0 fully saturated rings. The maximum absolute atomic E-state index is 12.8. The normalized spacial score (nSPS) is 18.0. The van der Waals surface area contributed by atoms with Crippen LogP contribution >= 0.6 is 0 Å². The Bertz CT molecular complexity index is 561. The van der Waals surface area contributed by atoms with Crippen molar-refractivity contribution in [2.75, 3.05) is 0 Å². The first kappa shape index (κ1) is 14.4. The van der Waals surface area contributed by atoms with Gasteiger partial charge in [-0.25, -0.2) is 4.79 Å². The average Bonchev–Trinajstić information content (AvgIpc) is 2.36. The molecule has 0 spiro atoms. The first-order chi connectivity index (χ1) is 9.32. The van der Waals surface area contributed by atoms with E-state index in [1.165, 1.54) is 6.07 Å². The summed E-state index contributed by atoms with van der Waals surface area (Å²) >= 11 is 0. The third-order valence-corrected chi connectivity index (χ3v) is 3.00. The van der Waals surface area contributed by atoms with E-state index in [9.17, 15) is 18.0 Å². The highest BCUT2D eigenvalue weighted by atomic mass is 19.4. The van der Waals surface area contributed by atoms with Crippen molar-refractivity contribution in [3.05, 3.63) is 34.9 Å². The number of alkyl halides is 3. The number of carbonyl (C=O) groups is 1. The monoisotopic (exact) mass is 286 g/mol. The topological polar surface area (TPSA) is 46.5 Å². The van der Waals surface area contributed by atoms with E-state index in [1.807, 2.05) is 6.92 Å². The van der Waals surface area contributed by atoms with E-state index in [0.717, 1.165) is 24.5 Å².